The molecule has 188 valence electrons. The van der Waals surface area contributed by atoms with E-state index in [1.807, 2.05) is 80.6 Å². The van der Waals surface area contributed by atoms with Crippen molar-refractivity contribution in [3.05, 3.63) is 95.1 Å². The number of nitrogens with one attached hydrogen (secondary N) is 2. The summed E-state index contributed by atoms with van der Waals surface area (Å²) in [4.78, 5) is 17.5. The molecular weight excluding hydrogens is 501 g/mol. The molecule has 1 amide bonds. The molecule has 1 aliphatic heterocycles. The van der Waals surface area contributed by atoms with Gasteiger partial charge in [0.15, 0.2) is 17.1 Å². The lowest BCUT2D eigenvalue weighted by molar-refractivity contribution is -0.115. The first-order valence-corrected chi connectivity index (χ1v) is 12.5. The first kappa shape index (κ1) is 23.9. The smallest absolute Gasteiger partial charge is 0.231 e. The fourth-order valence-corrected chi connectivity index (χ4v) is 4.63. The summed E-state index contributed by atoms with van der Waals surface area (Å²) < 4.78 is 12.5. The SMILES string of the molecule is Bc1cnn2c(NCc3cccc(NC(=O)Cc4ccc5c(c4)OCO5)c3)cc(-c3ccccc3Cl)nc12. The fraction of sp³-hybridized carbons (Fsp3) is 0.107. The average molecular weight is 524 g/mol. The van der Waals surface area contributed by atoms with Crippen LogP contribution in [0.5, 0.6) is 11.5 Å². The average Bonchev–Trinajstić information content (AvgIpc) is 3.54. The van der Waals surface area contributed by atoms with E-state index in [4.69, 9.17) is 26.1 Å². The molecule has 0 atom stereocenters. The molecule has 3 aromatic carbocycles. The Kier molecular flexibility index (Phi) is 6.35. The number of hydrogen-bond acceptors (Lipinski definition) is 6. The molecule has 1 aliphatic rings. The second kappa shape index (κ2) is 10.1. The van der Waals surface area contributed by atoms with Crippen molar-refractivity contribution in [2.45, 2.75) is 13.0 Å². The lowest BCUT2D eigenvalue weighted by Gasteiger charge is -2.13. The van der Waals surface area contributed by atoms with Gasteiger partial charge >= 0.3 is 0 Å². The van der Waals surface area contributed by atoms with Gasteiger partial charge in [0.05, 0.1) is 12.1 Å². The molecule has 0 aliphatic carbocycles. The number of fused-ring (bicyclic) bond motifs is 2. The van der Waals surface area contributed by atoms with Crippen LogP contribution in [0.3, 0.4) is 0 Å². The summed E-state index contributed by atoms with van der Waals surface area (Å²) in [7, 11) is 1.98. The highest BCUT2D eigenvalue weighted by Gasteiger charge is 2.15. The Balaban J connectivity index is 1.18. The van der Waals surface area contributed by atoms with Gasteiger partial charge in [0, 0.05) is 35.1 Å². The number of hydrogen-bond donors (Lipinski definition) is 2. The van der Waals surface area contributed by atoms with Crippen LogP contribution >= 0.6 is 11.6 Å². The van der Waals surface area contributed by atoms with Crippen LogP contribution in [-0.4, -0.2) is 35.1 Å². The molecule has 0 bridgehead atoms. The van der Waals surface area contributed by atoms with Gasteiger partial charge in [-0.25, -0.2) is 4.98 Å². The number of halogens is 1. The molecular formula is C28H23BClN5O3. The number of benzene rings is 3. The maximum Gasteiger partial charge on any atom is 0.231 e. The van der Waals surface area contributed by atoms with E-state index >= 15 is 0 Å². The summed E-state index contributed by atoms with van der Waals surface area (Å²) in [5.41, 5.74) is 5.92. The highest BCUT2D eigenvalue weighted by molar-refractivity contribution is 6.36. The zero-order valence-electron chi connectivity index (χ0n) is 20.6. The van der Waals surface area contributed by atoms with Crippen LogP contribution in [0.4, 0.5) is 11.5 Å². The third-order valence-electron chi connectivity index (χ3n) is 6.28. The minimum atomic E-state index is -0.110. The molecule has 0 spiro atoms. The van der Waals surface area contributed by atoms with Gasteiger partial charge in [0.25, 0.3) is 0 Å². The number of aromatic nitrogens is 3. The number of ether oxygens (including phenoxy) is 2. The van der Waals surface area contributed by atoms with Gasteiger partial charge in [0.2, 0.25) is 12.7 Å². The summed E-state index contributed by atoms with van der Waals surface area (Å²) in [5, 5.41) is 11.6. The van der Waals surface area contributed by atoms with Crippen molar-refractivity contribution in [2.75, 3.05) is 17.4 Å². The second-order valence-corrected chi connectivity index (χ2v) is 9.44. The van der Waals surface area contributed by atoms with Crippen LogP contribution in [-0.2, 0) is 17.8 Å². The minimum absolute atomic E-state index is 0.110. The molecule has 0 radical (unpaired) electrons. The van der Waals surface area contributed by atoms with Gasteiger partial charge in [0.1, 0.15) is 13.7 Å². The topological polar surface area (TPSA) is 89.8 Å². The third kappa shape index (κ3) is 4.88. The quantitative estimate of drug-likeness (QED) is 0.315. The molecule has 3 heterocycles. The molecule has 8 nitrogen and oxygen atoms in total. The molecule has 5 aromatic rings. The van der Waals surface area contributed by atoms with Crippen molar-refractivity contribution in [2.24, 2.45) is 0 Å². The Bertz CT molecular complexity index is 1670. The van der Waals surface area contributed by atoms with Crippen molar-refractivity contribution in [3.8, 4) is 22.8 Å². The molecule has 0 fully saturated rings. The second-order valence-electron chi connectivity index (χ2n) is 9.04. The molecule has 0 unspecified atom stereocenters. The Morgan fingerprint density at radius 1 is 1.00 bits per heavy atom. The van der Waals surface area contributed by atoms with Gasteiger partial charge in [-0.05, 0) is 46.9 Å². The number of carbonyl (C=O) groups excluding carboxylic acids is 1. The molecule has 38 heavy (non-hydrogen) atoms. The van der Waals surface area contributed by atoms with Crippen molar-refractivity contribution in [1.82, 2.24) is 14.6 Å². The standard InChI is InChI=1S/C28H23BClN5O3/c29-21-15-32-35-26(13-23(34-28(21)35)20-6-1-2-7-22(20)30)31-14-18-4-3-5-19(10-18)33-27(36)12-17-8-9-24-25(11-17)38-16-37-24/h1-11,13,15,31H,12,14,16,29H2,(H,33,36). The number of carbonyl (C=O) groups is 1. The first-order valence-electron chi connectivity index (χ1n) is 12.1. The van der Waals surface area contributed by atoms with Crippen molar-refractivity contribution < 1.29 is 14.3 Å². The third-order valence-corrected chi connectivity index (χ3v) is 6.61. The summed E-state index contributed by atoms with van der Waals surface area (Å²) in [6, 6.07) is 22.9. The van der Waals surface area contributed by atoms with E-state index < -0.39 is 0 Å². The molecule has 2 N–H and O–H groups in total. The number of amides is 1. The maximum atomic E-state index is 12.7. The zero-order valence-corrected chi connectivity index (χ0v) is 21.3. The Hall–Kier alpha value is -4.50. The molecule has 0 saturated carbocycles. The van der Waals surface area contributed by atoms with Crippen LogP contribution in [0.25, 0.3) is 16.9 Å². The summed E-state index contributed by atoms with van der Waals surface area (Å²) >= 11 is 6.45. The van der Waals surface area contributed by atoms with Crippen LogP contribution in [0.2, 0.25) is 5.02 Å². The Morgan fingerprint density at radius 2 is 1.87 bits per heavy atom. The Morgan fingerprint density at radius 3 is 2.76 bits per heavy atom. The van der Waals surface area contributed by atoms with E-state index in [-0.39, 0.29) is 19.1 Å². The van der Waals surface area contributed by atoms with Crippen LogP contribution in [0.1, 0.15) is 11.1 Å². The van der Waals surface area contributed by atoms with Gasteiger partial charge < -0.3 is 20.1 Å². The summed E-state index contributed by atoms with van der Waals surface area (Å²) in [6.07, 6.45) is 2.03. The predicted octanol–water partition coefficient (Wildman–Crippen LogP) is 3.83. The highest BCUT2D eigenvalue weighted by Crippen LogP contribution is 2.33. The summed E-state index contributed by atoms with van der Waals surface area (Å²) in [5.74, 6) is 2.04. The fourth-order valence-electron chi connectivity index (χ4n) is 4.40. The number of anilines is 2. The summed E-state index contributed by atoms with van der Waals surface area (Å²) in [6.45, 7) is 0.726. The highest BCUT2D eigenvalue weighted by atomic mass is 35.5. The van der Waals surface area contributed by atoms with Crippen LogP contribution in [0.15, 0.2) is 79.0 Å². The van der Waals surface area contributed by atoms with E-state index in [9.17, 15) is 4.79 Å². The minimum Gasteiger partial charge on any atom is -0.454 e. The Labute approximate surface area is 225 Å². The van der Waals surface area contributed by atoms with Gasteiger partial charge in [-0.2, -0.15) is 9.61 Å². The maximum absolute atomic E-state index is 12.7. The van der Waals surface area contributed by atoms with E-state index in [0.29, 0.717) is 23.1 Å². The van der Waals surface area contributed by atoms with Crippen molar-refractivity contribution >= 4 is 48.0 Å². The van der Waals surface area contributed by atoms with E-state index in [0.717, 1.165) is 45.0 Å². The molecule has 2 aromatic heterocycles. The van der Waals surface area contributed by atoms with Crippen LogP contribution < -0.4 is 25.6 Å². The molecule has 0 saturated heterocycles. The van der Waals surface area contributed by atoms with E-state index in [2.05, 4.69) is 15.7 Å². The largest absolute Gasteiger partial charge is 0.454 e. The lowest BCUT2D eigenvalue weighted by Crippen LogP contribution is -2.14. The van der Waals surface area contributed by atoms with E-state index in [1.54, 1.807) is 10.7 Å². The van der Waals surface area contributed by atoms with Crippen molar-refractivity contribution in [3.63, 3.8) is 0 Å². The zero-order chi connectivity index (χ0) is 26.1. The number of rotatable bonds is 7. The van der Waals surface area contributed by atoms with Crippen LogP contribution in [0, 0.1) is 0 Å². The lowest BCUT2D eigenvalue weighted by atomic mass is 10.0. The normalized spacial score (nSPS) is 12.0. The van der Waals surface area contributed by atoms with E-state index in [1.165, 1.54) is 0 Å². The predicted molar refractivity (Wildman–Crippen MR) is 150 cm³/mol. The van der Waals surface area contributed by atoms with Gasteiger partial charge in [-0.15, -0.1) is 0 Å². The monoisotopic (exact) mass is 523 g/mol. The molecule has 10 heteroatoms. The first-order chi connectivity index (χ1) is 18.5. The molecule has 6 rings (SSSR count). The van der Waals surface area contributed by atoms with Crippen molar-refractivity contribution in [1.29, 1.82) is 0 Å². The van der Waals surface area contributed by atoms with Gasteiger partial charge in [-0.3, -0.25) is 4.79 Å². The van der Waals surface area contributed by atoms with Gasteiger partial charge in [-0.1, -0.05) is 48.0 Å². The number of nitrogens with zero attached hydrogens (tertiary/aromatic N) is 3.